The summed E-state index contributed by atoms with van der Waals surface area (Å²) in [6.45, 7) is 0.613. The fourth-order valence-corrected chi connectivity index (χ4v) is 7.55. The number of halogens is 5. The summed E-state index contributed by atoms with van der Waals surface area (Å²) < 4.78 is 72.3. The fraction of sp³-hybridized carbons (Fsp3) is 0.500. The van der Waals surface area contributed by atoms with Crippen molar-refractivity contribution >= 4 is 16.9 Å². The second-order valence-corrected chi connectivity index (χ2v) is 14.2. The number of hydrogen-bond acceptors (Lipinski definition) is 6. The summed E-state index contributed by atoms with van der Waals surface area (Å²) >= 11 is 0. The van der Waals surface area contributed by atoms with Crippen molar-refractivity contribution in [2.24, 2.45) is 17.4 Å². The van der Waals surface area contributed by atoms with E-state index in [0.29, 0.717) is 78.9 Å². The van der Waals surface area contributed by atoms with E-state index in [1.807, 2.05) is 0 Å². The van der Waals surface area contributed by atoms with Crippen LogP contribution in [0.3, 0.4) is 0 Å². The molecule has 3 atom stereocenters. The monoisotopic (exact) mass is 726 g/mol. The number of hydrogen-bond donors (Lipinski definition) is 5. The molecule has 1 saturated carbocycles. The standard InChI is InChI=1S/C38H47F5N8O/c39-13-3-15-50-28(12-14-47-35(46)21-44)5-2-7-34(50)30-11-10-29(20-31(30)40)51-22-26-19-33(48-36(26)49-37(51)52)25-16-23(17-27(18-25)38(41,42)43)4-1-6-32(45)24-8-9-24/h10-11,16-20,22,24,28,32,34H,1-9,12-15,21,44-45H2,(H2,46,47)(H,48,49,52)/t28-,32?,34-/m0/s1. The third-order valence-electron chi connectivity index (χ3n) is 10.4. The van der Waals surface area contributed by atoms with Crippen molar-refractivity contribution in [3.05, 3.63) is 81.7 Å². The molecule has 2 aromatic heterocycles. The molecule has 280 valence electrons. The van der Waals surface area contributed by atoms with Gasteiger partial charge in [0.25, 0.3) is 0 Å². The molecule has 0 radical (unpaired) electrons. The summed E-state index contributed by atoms with van der Waals surface area (Å²) in [5.74, 6) is 0.251. The Kier molecular flexibility index (Phi) is 11.8. The highest BCUT2D eigenvalue weighted by molar-refractivity contribution is 5.83. The minimum absolute atomic E-state index is 0.0676. The van der Waals surface area contributed by atoms with E-state index in [4.69, 9.17) is 16.9 Å². The molecular weight excluding hydrogens is 679 g/mol. The van der Waals surface area contributed by atoms with E-state index in [9.17, 15) is 22.4 Å². The van der Waals surface area contributed by atoms with E-state index < -0.39 is 29.9 Å². The van der Waals surface area contributed by atoms with E-state index in [1.54, 1.807) is 24.3 Å². The van der Waals surface area contributed by atoms with Gasteiger partial charge in [-0.2, -0.15) is 18.2 Å². The van der Waals surface area contributed by atoms with Crippen LogP contribution in [0, 0.1) is 17.1 Å². The molecule has 14 heteroatoms. The minimum Gasteiger partial charge on any atom is -0.373 e. The van der Waals surface area contributed by atoms with Gasteiger partial charge in [-0.3, -0.25) is 19.3 Å². The number of alkyl halides is 4. The number of aromatic nitrogens is 3. The summed E-state index contributed by atoms with van der Waals surface area (Å²) in [7, 11) is 0. The first-order valence-electron chi connectivity index (χ1n) is 18.2. The number of nitrogens with two attached hydrogens (primary N) is 2. The molecule has 2 aromatic carbocycles. The Hall–Kier alpha value is -4.14. The number of fused-ring (bicyclic) bond motifs is 1. The van der Waals surface area contributed by atoms with Gasteiger partial charge in [0.15, 0.2) is 0 Å². The highest BCUT2D eigenvalue weighted by atomic mass is 19.4. The Morgan fingerprint density at radius 3 is 2.62 bits per heavy atom. The zero-order valence-corrected chi connectivity index (χ0v) is 29.1. The summed E-state index contributed by atoms with van der Waals surface area (Å²) in [6, 6.07) is 10.1. The number of H-pyrrole nitrogens is 1. The van der Waals surface area contributed by atoms with Crippen LogP contribution >= 0.6 is 0 Å². The number of rotatable bonds is 15. The predicted octanol–water partition coefficient (Wildman–Crippen LogP) is 6.77. The molecule has 0 bridgehead atoms. The van der Waals surface area contributed by atoms with Crippen LogP contribution in [0.4, 0.5) is 22.0 Å². The third-order valence-corrected chi connectivity index (χ3v) is 10.4. The Labute approximate surface area is 299 Å². The lowest BCUT2D eigenvalue weighted by atomic mass is 9.88. The molecule has 2 aliphatic rings. The molecular formula is C38H47F5N8O. The Bertz CT molecular complexity index is 1920. The number of aryl methyl sites for hydroxylation is 1. The maximum Gasteiger partial charge on any atom is 0.416 e. The number of benzene rings is 2. The average Bonchev–Trinajstić information content (AvgIpc) is 3.89. The molecule has 1 unspecified atom stereocenters. The van der Waals surface area contributed by atoms with Crippen molar-refractivity contribution in [2.45, 2.75) is 88.5 Å². The van der Waals surface area contributed by atoms with Gasteiger partial charge in [-0.1, -0.05) is 6.07 Å². The molecule has 0 spiro atoms. The van der Waals surface area contributed by atoms with Gasteiger partial charge in [0.1, 0.15) is 17.3 Å². The second-order valence-electron chi connectivity index (χ2n) is 14.2. The molecule has 3 heterocycles. The Morgan fingerprint density at radius 2 is 1.90 bits per heavy atom. The smallest absolute Gasteiger partial charge is 0.373 e. The molecule has 1 aliphatic heterocycles. The summed E-state index contributed by atoms with van der Waals surface area (Å²) in [5, 5.41) is 11.2. The first-order chi connectivity index (χ1) is 24.9. The van der Waals surface area contributed by atoms with Gasteiger partial charge in [-0.05, 0) is 118 Å². The van der Waals surface area contributed by atoms with Crippen LogP contribution in [-0.4, -0.2) is 63.7 Å². The van der Waals surface area contributed by atoms with Gasteiger partial charge in [0, 0.05) is 54.1 Å². The summed E-state index contributed by atoms with van der Waals surface area (Å²) in [6.07, 6.45) is 4.49. The number of piperidine rings is 1. The highest BCUT2D eigenvalue weighted by Gasteiger charge is 2.34. The maximum absolute atomic E-state index is 16.0. The molecule has 52 heavy (non-hydrogen) atoms. The van der Waals surface area contributed by atoms with E-state index in [2.05, 4.69) is 20.2 Å². The Morgan fingerprint density at radius 1 is 1.10 bits per heavy atom. The molecule has 9 nitrogen and oxygen atoms in total. The quantitative estimate of drug-likeness (QED) is 0.0521. The average molecular weight is 727 g/mol. The van der Waals surface area contributed by atoms with Crippen molar-refractivity contribution in [3.63, 3.8) is 0 Å². The van der Waals surface area contributed by atoms with Crippen molar-refractivity contribution in [3.8, 4) is 16.9 Å². The van der Waals surface area contributed by atoms with Crippen LogP contribution in [0.25, 0.3) is 28.0 Å². The third kappa shape index (κ3) is 8.89. The van der Waals surface area contributed by atoms with E-state index in [0.717, 1.165) is 38.2 Å². The van der Waals surface area contributed by atoms with E-state index >= 15 is 4.39 Å². The van der Waals surface area contributed by atoms with Crippen LogP contribution in [0.1, 0.15) is 80.5 Å². The zero-order valence-electron chi connectivity index (χ0n) is 29.1. The van der Waals surface area contributed by atoms with Gasteiger partial charge in [-0.15, -0.1) is 0 Å². The molecule has 7 N–H and O–H groups in total. The first-order valence-corrected chi connectivity index (χ1v) is 18.2. The second kappa shape index (κ2) is 16.3. The van der Waals surface area contributed by atoms with Crippen LogP contribution < -0.4 is 22.5 Å². The lowest BCUT2D eigenvalue weighted by molar-refractivity contribution is -0.137. The Balaban J connectivity index is 1.24. The van der Waals surface area contributed by atoms with Crippen molar-refractivity contribution in [1.82, 2.24) is 24.8 Å². The SMILES string of the molecule is N=C(CN)NCC[C@@H]1CCC[C@@H](c2ccc(-n3cc4cc(-c5cc(CCCC(N)C6CC6)cc(C(F)(F)F)c5)[nH]c4nc3=O)cc2F)N1CCCF. The van der Waals surface area contributed by atoms with Gasteiger partial charge in [-0.25, -0.2) is 9.18 Å². The lowest BCUT2D eigenvalue weighted by Gasteiger charge is -2.43. The number of amidine groups is 1. The van der Waals surface area contributed by atoms with Crippen LogP contribution in [0.2, 0.25) is 0 Å². The predicted molar refractivity (Wildman–Crippen MR) is 193 cm³/mol. The summed E-state index contributed by atoms with van der Waals surface area (Å²) in [4.78, 5) is 22.5. The zero-order chi connectivity index (χ0) is 37.0. The van der Waals surface area contributed by atoms with Crippen LogP contribution in [-0.2, 0) is 12.6 Å². The number of nitrogens with zero attached hydrogens (tertiary/aromatic N) is 3. The lowest BCUT2D eigenvalue weighted by Crippen LogP contribution is -2.44. The number of nitrogens with one attached hydrogen (secondary N) is 3. The highest BCUT2D eigenvalue weighted by Crippen LogP contribution is 2.38. The minimum atomic E-state index is -4.55. The molecule has 1 aliphatic carbocycles. The van der Waals surface area contributed by atoms with Crippen molar-refractivity contribution < 1.29 is 22.0 Å². The molecule has 2 fully saturated rings. The molecule has 1 saturated heterocycles. The fourth-order valence-electron chi connectivity index (χ4n) is 7.55. The van der Waals surface area contributed by atoms with Crippen molar-refractivity contribution in [2.75, 3.05) is 26.3 Å². The molecule has 4 aromatic rings. The van der Waals surface area contributed by atoms with E-state index in [1.165, 1.54) is 22.9 Å². The van der Waals surface area contributed by atoms with Gasteiger partial charge in [0.2, 0.25) is 0 Å². The largest absolute Gasteiger partial charge is 0.416 e. The number of likely N-dealkylation sites (tertiary alicyclic amines) is 1. The topological polar surface area (TPSA) is 142 Å². The van der Waals surface area contributed by atoms with E-state index in [-0.39, 0.29) is 41.8 Å². The van der Waals surface area contributed by atoms with Gasteiger partial charge in [0.05, 0.1) is 24.5 Å². The summed E-state index contributed by atoms with van der Waals surface area (Å²) in [5.41, 5.74) is 12.4. The molecule has 6 rings (SSSR count). The normalized spacial score (nSPS) is 18.9. The van der Waals surface area contributed by atoms with Crippen LogP contribution in [0.5, 0.6) is 0 Å². The van der Waals surface area contributed by atoms with Gasteiger partial charge < -0.3 is 21.8 Å². The van der Waals surface area contributed by atoms with Crippen molar-refractivity contribution in [1.29, 1.82) is 5.41 Å². The number of aromatic amines is 1. The van der Waals surface area contributed by atoms with Crippen LogP contribution in [0.15, 0.2) is 53.5 Å². The van der Waals surface area contributed by atoms with Gasteiger partial charge >= 0.3 is 11.9 Å². The first kappa shape index (κ1) is 37.6. The maximum atomic E-state index is 16.0. The molecule has 0 amide bonds.